The highest BCUT2D eigenvalue weighted by atomic mass is 16.1. The average molecular weight is 288 g/mol. The van der Waals surface area contributed by atoms with Gasteiger partial charge in [-0.2, -0.15) is 0 Å². The van der Waals surface area contributed by atoms with Gasteiger partial charge in [-0.15, -0.1) is 0 Å². The monoisotopic (exact) mass is 288 g/mol. The molecule has 0 saturated heterocycles. The Hall–Kier alpha value is -0.660. The molecule has 0 aromatic rings. The molecule has 0 unspecified atom stereocenters. The third kappa shape index (κ3) is 1.77. The summed E-state index contributed by atoms with van der Waals surface area (Å²) in [6.45, 7) is 4.72. The van der Waals surface area contributed by atoms with Crippen molar-refractivity contribution >= 4 is 11.6 Å². The third-order valence-electron chi connectivity index (χ3n) is 8.19. The minimum absolute atomic E-state index is 0.00511. The first-order valence-electron chi connectivity index (χ1n) is 9.00. The number of carbonyl (C=O) groups excluding carboxylic acids is 2. The highest BCUT2D eigenvalue weighted by Crippen LogP contribution is 2.65. The summed E-state index contributed by atoms with van der Waals surface area (Å²) in [5.74, 6) is 3.82. The Labute approximate surface area is 128 Å². The van der Waals surface area contributed by atoms with Gasteiger partial charge in [-0.25, -0.2) is 0 Å². The standard InChI is InChI=1S/C19H28O2/c1-18-9-7-13(20)11-12(18)3-4-14-15-5-6-17(21)19(15,2)10-8-16(14)18/h12,14-16H,3-11H2,1-2H3/t12-,14+,15-,16+,18-,19-/m1/s1. The first-order valence-corrected chi connectivity index (χ1v) is 9.00. The molecule has 0 bridgehead atoms. The summed E-state index contributed by atoms with van der Waals surface area (Å²) >= 11 is 0. The Morgan fingerprint density at radius 2 is 1.71 bits per heavy atom. The van der Waals surface area contributed by atoms with E-state index in [9.17, 15) is 9.59 Å². The van der Waals surface area contributed by atoms with Crippen LogP contribution >= 0.6 is 0 Å². The fraction of sp³-hybridized carbons (Fsp3) is 0.895. The van der Waals surface area contributed by atoms with E-state index in [1.165, 1.54) is 19.3 Å². The summed E-state index contributed by atoms with van der Waals surface area (Å²) in [5.41, 5.74) is 0.374. The van der Waals surface area contributed by atoms with Gasteiger partial charge in [-0.3, -0.25) is 9.59 Å². The van der Waals surface area contributed by atoms with Crippen LogP contribution in [0.3, 0.4) is 0 Å². The quantitative estimate of drug-likeness (QED) is 0.670. The third-order valence-corrected chi connectivity index (χ3v) is 8.19. The van der Waals surface area contributed by atoms with Gasteiger partial charge in [0.2, 0.25) is 0 Å². The van der Waals surface area contributed by atoms with Crippen molar-refractivity contribution in [1.29, 1.82) is 0 Å². The second-order valence-corrected chi connectivity index (χ2v) is 8.82. The van der Waals surface area contributed by atoms with Crippen LogP contribution in [0.2, 0.25) is 0 Å². The van der Waals surface area contributed by atoms with Crippen LogP contribution in [-0.4, -0.2) is 11.6 Å². The minimum Gasteiger partial charge on any atom is -0.300 e. The second kappa shape index (κ2) is 4.43. The van der Waals surface area contributed by atoms with E-state index in [1.54, 1.807) is 0 Å². The second-order valence-electron chi connectivity index (χ2n) is 8.82. The summed E-state index contributed by atoms with van der Waals surface area (Å²) < 4.78 is 0. The zero-order chi connectivity index (χ0) is 14.8. The number of ketones is 2. The Kier molecular flexibility index (Phi) is 2.94. The van der Waals surface area contributed by atoms with Crippen LogP contribution in [-0.2, 0) is 9.59 Å². The SMILES string of the molecule is C[C@@]12CCC(=O)C[C@H]1CC[C@H]1[C@H]3CCC(=O)[C@]3(C)CC[C@@H]12. The zero-order valence-corrected chi connectivity index (χ0v) is 13.5. The molecule has 0 aromatic heterocycles. The molecule has 4 fully saturated rings. The molecule has 4 aliphatic carbocycles. The van der Waals surface area contributed by atoms with Crippen LogP contribution in [0, 0.1) is 34.5 Å². The van der Waals surface area contributed by atoms with Crippen molar-refractivity contribution in [2.45, 2.75) is 71.6 Å². The van der Waals surface area contributed by atoms with Gasteiger partial charge in [0.05, 0.1) is 0 Å². The molecule has 0 radical (unpaired) electrons. The van der Waals surface area contributed by atoms with Crippen molar-refractivity contribution in [3.05, 3.63) is 0 Å². The number of rotatable bonds is 0. The van der Waals surface area contributed by atoms with Crippen molar-refractivity contribution in [2.24, 2.45) is 34.5 Å². The lowest BCUT2D eigenvalue weighted by Crippen LogP contribution is -2.53. The molecule has 2 nitrogen and oxygen atoms in total. The van der Waals surface area contributed by atoms with E-state index in [2.05, 4.69) is 13.8 Å². The normalized spacial score (nSPS) is 53.0. The van der Waals surface area contributed by atoms with Gasteiger partial charge >= 0.3 is 0 Å². The van der Waals surface area contributed by atoms with E-state index < -0.39 is 0 Å². The Bertz CT molecular complexity index is 496. The van der Waals surface area contributed by atoms with E-state index in [0.29, 0.717) is 28.8 Å². The van der Waals surface area contributed by atoms with E-state index in [1.807, 2.05) is 0 Å². The lowest BCUT2D eigenvalue weighted by Gasteiger charge is -2.59. The van der Waals surface area contributed by atoms with Crippen LogP contribution in [0.25, 0.3) is 0 Å². The number of Topliss-reactive ketones (excluding diaryl/α,β-unsaturated/α-hetero) is 2. The summed E-state index contributed by atoms with van der Waals surface area (Å²) in [5, 5.41) is 0. The predicted molar refractivity (Wildman–Crippen MR) is 81.7 cm³/mol. The first-order chi connectivity index (χ1) is 9.95. The highest BCUT2D eigenvalue weighted by molar-refractivity contribution is 5.87. The van der Waals surface area contributed by atoms with E-state index in [-0.39, 0.29) is 5.41 Å². The van der Waals surface area contributed by atoms with Crippen LogP contribution in [0.5, 0.6) is 0 Å². The first kappa shape index (κ1) is 14.0. The highest BCUT2D eigenvalue weighted by Gasteiger charge is 2.60. The molecule has 6 atom stereocenters. The molecule has 4 aliphatic rings. The van der Waals surface area contributed by atoms with Crippen molar-refractivity contribution in [2.75, 3.05) is 0 Å². The molecule has 4 saturated carbocycles. The van der Waals surface area contributed by atoms with E-state index in [0.717, 1.165) is 50.4 Å². The zero-order valence-electron chi connectivity index (χ0n) is 13.5. The van der Waals surface area contributed by atoms with Gasteiger partial charge in [0.1, 0.15) is 11.6 Å². The molecule has 0 spiro atoms. The number of hydrogen-bond donors (Lipinski definition) is 0. The van der Waals surface area contributed by atoms with E-state index >= 15 is 0 Å². The molecule has 0 amide bonds. The van der Waals surface area contributed by atoms with Crippen molar-refractivity contribution in [3.63, 3.8) is 0 Å². The molecular formula is C19H28O2. The number of fused-ring (bicyclic) bond motifs is 5. The van der Waals surface area contributed by atoms with Crippen LogP contribution < -0.4 is 0 Å². The molecule has 4 rings (SSSR count). The van der Waals surface area contributed by atoms with Crippen molar-refractivity contribution in [1.82, 2.24) is 0 Å². The van der Waals surface area contributed by atoms with Crippen LogP contribution in [0.1, 0.15) is 71.6 Å². The molecule has 2 heteroatoms. The smallest absolute Gasteiger partial charge is 0.139 e. The maximum Gasteiger partial charge on any atom is 0.139 e. The van der Waals surface area contributed by atoms with Gasteiger partial charge in [0.15, 0.2) is 0 Å². The van der Waals surface area contributed by atoms with Crippen molar-refractivity contribution < 1.29 is 9.59 Å². The molecule has 116 valence electrons. The van der Waals surface area contributed by atoms with Gasteiger partial charge < -0.3 is 0 Å². The largest absolute Gasteiger partial charge is 0.300 e. The average Bonchev–Trinajstić information content (AvgIpc) is 2.76. The Morgan fingerprint density at radius 3 is 2.52 bits per heavy atom. The molecule has 0 N–H and O–H groups in total. The fourth-order valence-electron chi connectivity index (χ4n) is 6.82. The summed E-state index contributed by atoms with van der Waals surface area (Å²) in [6.07, 6.45) is 9.53. The minimum atomic E-state index is -0.00511. The number of hydrogen-bond acceptors (Lipinski definition) is 2. The molecule has 21 heavy (non-hydrogen) atoms. The predicted octanol–water partition coefficient (Wildman–Crippen LogP) is 4.17. The molecular weight excluding hydrogens is 260 g/mol. The maximum absolute atomic E-state index is 12.4. The van der Waals surface area contributed by atoms with Gasteiger partial charge in [-0.1, -0.05) is 13.8 Å². The Morgan fingerprint density at radius 1 is 0.905 bits per heavy atom. The lowest BCUT2D eigenvalue weighted by atomic mass is 9.45. The summed E-state index contributed by atoms with van der Waals surface area (Å²) in [7, 11) is 0. The van der Waals surface area contributed by atoms with Gasteiger partial charge in [0.25, 0.3) is 0 Å². The van der Waals surface area contributed by atoms with Crippen molar-refractivity contribution in [3.8, 4) is 0 Å². The summed E-state index contributed by atoms with van der Waals surface area (Å²) in [6, 6.07) is 0. The number of carbonyl (C=O) groups is 2. The van der Waals surface area contributed by atoms with E-state index in [4.69, 9.17) is 0 Å². The van der Waals surface area contributed by atoms with Crippen LogP contribution in [0.15, 0.2) is 0 Å². The van der Waals surface area contributed by atoms with Crippen LogP contribution in [0.4, 0.5) is 0 Å². The molecule has 0 aromatic carbocycles. The molecule has 0 aliphatic heterocycles. The van der Waals surface area contributed by atoms with Gasteiger partial charge in [-0.05, 0) is 67.6 Å². The summed E-state index contributed by atoms with van der Waals surface area (Å²) in [4.78, 5) is 24.2. The Balaban J connectivity index is 1.65. The topological polar surface area (TPSA) is 34.1 Å². The lowest BCUT2D eigenvalue weighted by molar-refractivity contribution is -0.144. The maximum atomic E-state index is 12.4. The molecule has 0 heterocycles. The fourth-order valence-corrected chi connectivity index (χ4v) is 6.82. The van der Waals surface area contributed by atoms with Gasteiger partial charge in [0, 0.05) is 24.7 Å².